The van der Waals surface area contributed by atoms with Crippen LogP contribution in [0.3, 0.4) is 0 Å². The summed E-state index contributed by atoms with van der Waals surface area (Å²) < 4.78 is 4.63. The van der Waals surface area contributed by atoms with Crippen LogP contribution in [0.5, 0.6) is 0 Å². The lowest BCUT2D eigenvalue weighted by atomic mass is 9.99. The number of nitrogens with two attached hydrogens (primary N) is 1. The molecule has 6 nitrogen and oxygen atoms in total. The molecular formula is C10H19N3O3S. The van der Waals surface area contributed by atoms with E-state index in [1.165, 1.54) is 7.11 Å². The smallest absolute Gasteiger partial charge is 0.328 e. The minimum atomic E-state index is -0.648. The predicted octanol–water partition coefficient (Wildman–Crippen LogP) is 0.317. The van der Waals surface area contributed by atoms with Crippen molar-refractivity contribution in [3.8, 4) is 0 Å². The number of methoxy groups -OCH3 is 1. The van der Waals surface area contributed by atoms with Crippen LogP contribution >= 0.6 is 11.8 Å². The standard InChI is InChI=1S/C10H19N3O3S/c1-4-6(2)8(9(15)16-3)13-7(14)5-17-10(11)12/h6,8H,4-5H2,1-3H3,(H3,11,12)(H,13,14). The Labute approximate surface area is 105 Å². The largest absolute Gasteiger partial charge is 0.467 e. The Balaban J connectivity index is 4.38. The molecule has 0 fully saturated rings. The van der Waals surface area contributed by atoms with Gasteiger partial charge >= 0.3 is 5.97 Å². The monoisotopic (exact) mass is 261 g/mol. The number of esters is 1. The van der Waals surface area contributed by atoms with E-state index >= 15 is 0 Å². The average Bonchev–Trinajstić information content (AvgIpc) is 2.31. The van der Waals surface area contributed by atoms with Crippen LogP contribution in [0.2, 0.25) is 0 Å². The van der Waals surface area contributed by atoms with E-state index in [0.29, 0.717) is 0 Å². The maximum atomic E-state index is 11.5. The molecule has 0 bridgehead atoms. The Morgan fingerprint density at radius 1 is 1.53 bits per heavy atom. The number of carbonyl (C=O) groups is 2. The van der Waals surface area contributed by atoms with E-state index in [4.69, 9.17) is 11.1 Å². The summed E-state index contributed by atoms with van der Waals surface area (Å²) in [6.07, 6.45) is 0.750. The van der Waals surface area contributed by atoms with Crippen LogP contribution < -0.4 is 11.1 Å². The quantitative estimate of drug-likeness (QED) is 0.363. The van der Waals surface area contributed by atoms with Gasteiger partial charge in [0, 0.05) is 0 Å². The third-order valence-corrected chi connectivity index (χ3v) is 3.06. The molecule has 17 heavy (non-hydrogen) atoms. The Morgan fingerprint density at radius 2 is 2.12 bits per heavy atom. The molecule has 4 N–H and O–H groups in total. The van der Waals surface area contributed by atoms with Crippen molar-refractivity contribution in [2.45, 2.75) is 26.3 Å². The second kappa shape index (κ2) is 7.94. The zero-order valence-corrected chi connectivity index (χ0v) is 11.1. The first-order chi connectivity index (χ1) is 7.92. The van der Waals surface area contributed by atoms with Crippen molar-refractivity contribution in [1.29, 1.82) is 5.41 Å². The minimum Gasteiger partial charge on any atom is -0.467 e. The van der Waals surface area contributed by atoms with Crippen LogP contribution in [0.25, 0.3) is 0 Å². The van der Waals surface area contributed by atoms with Gasteiger partial charge in [-0.1, -0.05) is 32.0 Å². The summed E-state index contributed by atoms with van der Waals surface area (Å²) in [6.45, 7) is 3.79. The lowest BCUT2D eigenvalue weighted by molar-refractivity contribution is -0.146. The molecular weight excluding hydrogens is 242 g/mol. The van der Waals surface area contributed by atoms with E-state index in [-0.39, 0.29) is 22.7 Å². The van der Waals surface area contributed by atoms with Crippen LogP contribution in [0.15, 0.2) is 0 Å². The van der Waals surface area contributed by atoms with Crippen molar-refractivity contribution < 1.29 is 14.3 Å². The highest BCUT2D eigenvalue weighted by atomic mass is 32.2. The molecule has 1 amide bonds. The normalized spacial score (nSPS) is 13.6. The van der Waals surface area contributed by atoms with Crippen LogP contribution in [0.4, 0.5) is 0 Å². The Bertz CT molecular complexity index is 297. The van der Waals surface area contributed by atoms with E-state index in [1.807, 2.05) is 13.8 Å². The first-order valence-electron chi connectivity index (χ1n) is 5.26. The lowest BCUT2D eigenvalue weighted by Gasteiger charge is -2.21. The molecule has 2 unspecified atom stereocenters. The third kappa shape index (κ3) is 6.15. The van der Waals surface area contributed by atoms with Gasteiger partial charge in [-0.3, -0.25) is 10.2 Å². The number of amidine groups is 1. The predicted molar refractivity (Wildman–Crippen MR) is 67.8 cm³/mol. The highest BCUT2D eigenvalue weighted by molar-refractivity contribution is 8.14. The van der Waals surface area contributed by atoms with Crippen LogP contribution in [0.1, 0.15) is 20.3 Å². The SMILES string of the molecule is CCC(C)C(NC(=O)CSC(=N)N)C(=O)OC. The first-order valence-corrected chi connectivity index (χ1v) is 6.24. The fraction of sp³-hybridized carbons (Fsp3) is 0.700. The summed E-state index contributed by atoms with van der Waals surface area (Å²) in [6, 6.07) is -0.648. The highest BCUT2D eigenvalue weighted by Crippen LogP contribution is 2.09. The summed E-state index contributed by atoms with van der Waals surface area (Å²) in [5.41, 5.74) is 5.12. The van der Waals surface area contributed by atoms with Gasteiger partial charge in [-0.2, -0.15) is 0 Å². The molecule has 2 atom stereocenters. The summed E-state index contributed by atoms with van der Waals surface area (Å²) in [4.78, 5) is 23.0. The van der Waals surface area contributed by atoms with E-state index in [0.717, 1.165) is 18.2 Å². The van der Waals surface area contributed by atoms with Crippen molar-refractivity contribution in [2.24, 2.45) is 11.7 Å². The molecule has 0 aliphatic carbocycles. The number of ether oxygens (including phenoxy) is 1. The summed E-state index contributed by atoms with van der Waals surface area (Å²) in [5.74, 6) is -0.769. The van der Waals surface area contributed by atoms with Crippen molar-refractivity contribution >= 4 is 28.8 Å². The zero-order chi connectivity index (χ0) is 13.4. The molecule has 0 aliphatic rings. The van der Waals surface area contributed by atoms with Gasteiger partial charge in [0.25, 0.3) is 0 Å². The fourth-order valence-corrected chi connectivity index (χ4v) is 1.52. The number of amides is 1. The second-order valence-electron chi connectivity index (χ2n) is 3.61. The van der Waals surface area contributed by atoms with E-state index in [1.54, 1.807) is 0 Å². The van der Waals surface area contributed by atoms with Crippen LogP contribution in [-0.4, -0.2) is 35.9 Å². The molecule has 0 radical (unpaired) electrons. The Kier molecular flexibility index (Phi) is 7.36. The molecule has 0 heterocycles. The minimum absolute atomic E-state index is 0.00581. The van der Waals surface area contributed by atoms with Gasteiger partial charge in [0.2, 0.25) is 5.91 Å². The summed E-state index contributed by atoms with van der Waals surface area (Å²) in [5, 5.41) is 9.44. The Hall–Kier alpha value is -1.24. The molecule has 0 aromatic heterocycles. The first kappa shape index (κ1) is 15.8. The topological polar surface area (TPSA) is 105 Å². The van der Waals surface area contributed by atoms with Crippen LogP contribution in [0, 0.1) is 11.3 Å². The molecule has 0 rings (SSSR count). The number of carbonyl (C=O) groups excluding carboxylic acids is 2. The summed E-state index contributed by atoms with van der Waals surface area (Å²) in [7, 11) is 1.29. The van der Waals surface area contributed by atoms with E-state index in [9.17, 15) is 9.59 Å². The number of rotatable bonds is 6. The van der Waals surface area contributed by atoms with Crippen molar-refractivity contribution in [1.82, 2.24) is 5.32 Å². The summed E-state index contributed by atoms with van der Waals surface area (Å²) >= 11 is 0.917. The molecule has 98 valence electrons. The number of nitrogens with one attached hydrogen (secondary N) is 2. The molecule has 7 heteroatoms. The molecule has 0 aliphatic heterocycles. The van der Waals surface area contributed by atoms with Gasteiger partial charge in [-0.05, 0) is 5.92 Å². The van der Waals surface area contributed by atoms with E-state index < -0.39 is 12.0 Å². The Morgan fingerprint density at radius 3 is 2.53 bits per heavy atom. The van der Waals surface area contributed by atoms with Gasteiger partial charge in [0.05, 0.1) is 12.9 Å². The maximum Gasteiger partial charge on any atom is 0.328 e. The zero-order valence-electron chi connectivity index (χ0n) is 10.3. The van der Waals surface area contributed by atoms with Gasteiger partial charge in [-0.15, -0.1) is 0 Å². The van der Waals surface area contributed by atoms with Gasteiger partial charge < -0.3 is 15.8 Å². The van der Waals surface area contributed by atoms with E-state index in [2.05, 4.69) is 10.1 Å². The molecule has 0 saturated heterocycles. The fourth-order valence-electron chi connectivity index (χ4n) is 1.15. The van der Waals surface area contributed by atoms with Crippen molar-refractivity contribution in [2.75, 3.05) is 12.9 Å². The molecule has 0 saturated carbocycles. The molecule has 0 aromatic carbocycles. The third-order valence-electron chi connectivity index (χ3n) is 2.34. The van der Waals surface area contributed by atoms with Crippen LogP contribution in [-0.2, 0) is 14.3 Å². The highest BCUT2D eigenvalue weighted by Gasteiger charge is 2.26. The second-order valence-corrected chi connectivity index (χ2v) is 4.62. The lowest BCUT2D eigenvalue weighted by Crippen LogP contribution is -2.46. The average molecular weight is 261 g/mol. The number of thioether (sulfide) groups is 1. The number of hydrogen-bond acceptors (Lipinski definition) is 5. The van der Waals surface area contributed by atoms with Gasteiger partial charge in [0.15, 0.2) is 5.17 Å². The van der Waals surface area contributed by atoms with Crippen molar-refractivity contribution in [3.05, 3.63) is 0 Å². The van der Waals surface area contributed by atoms with Crippen molar-refractivity contribution in [3.63, 3.8) is 0 Å². The number of hydrogen-bond donors (Lipinski definition) is 3. The van der Waals surface area contributed by atoms with Gasteiger partial charge in [-0.25, -0.2) is 4.79 Å². The molecule has 0 aromatic rings. The maximum absolute atomic E-state index is 11.5. The molecule has 0 spiro atoms. The van der Waals surface area contributed by atoms with Gasteiger partial charge in [0.1, 0.15) is 6.04 Å².